The molecular formula is C17H18N4O3. The maximum Gasteiger partial charge on any atom is 0.264 e. The molecule has 7 heteroatoms. The van der Waals surface area contributed by atoms with Gasteiger partial charge in [0, 0.05) is 13.0 Å². The number of nitrogens with zero attached hydrogens (tertiary/aromatic N) is 4. The SMILES string of the molecule is Cc1ccccc1-n1ncc2c(=O)n(CCC3OCCO3)cnc21. The molecule has 124 valence electrons. The Morgan fingerprint density at radius 1 is 1.25 bits per heavy atom. The number of aromatic nitrogens is 4. The second-order valence-electron chi connectivity index (χ2n) is 5.78. The second-order valence-corrected chi connectivity index (χ2v) is 5.78. The summed E-state index contributed by atoms with van der Waals surface area (Å²) in [5.74, 6) is 0. The normalized spacial score (nSPS) is 15.4. The molecule has 0 radical (unpaired) electrons. The van der Waals surface area contributed by atoms with E-state index in [0.29, 0.717) is 37.2 Å². The molecule has 0 spiro atoms. The van der Waals surface area contributed by atoms with Gasteiger partial charge in [0.05, 0.1) is 31.4 Å². The van der Waals surface area contributed by atoms with Crippen LogP contribution in [0.4, 0.5) is 0 Å². The Hall–Kier alpha value is -2.51. The van der Waals surface area contributed by atoms with E-state index < -0.39 is 0 Å². The Morgan fingerprint density at radius 3 is 2.83 bits per heavy atom. The summed E-state index contributed by atoms with van der Waals surface area (Å²) in [6.45, 7) is 3.73. The first-order chi connectivity index (χ1) is 11.7. The van der Waals surface area contributed by atoms with Gasteiger partial charge in [-0.05, 0) is 18.6 Å². The van der Waals surface area contributed by atoms with Crippen LogP contribution in [0.1, 0.15) is 12.0 Å². The molecule has 24 heavy (non-hydrogen) atoms. The first-order valence-electron chi connectivity index (χ1n) is 7.96. The minimum atomic E-state index is -0.234. The van der Waals surface area contributed by atoms with E-state index in [-0.39, 0.29) is 11.8 Å². The second kappa shape index (κ2) is 6.18. The maximum absolute atomic E-state index is 12.7. The predicted octanol–water partition coefficient (Wildman–Crippen LogP) is 1.65. The van der Waals surface area contributed by atoms with Crippen molar-refractivity contribution in [2.24, 2.45) is 0 Å². The fourth-order valence-electron chi connectivity index (χ4n) is 2.90. The van der Waals surface area contributed by atoms with Gasteiger partial charge in [-0.15, -0.1) is 0 Å². The lowest BCUT2D eigenvalue weighted by molar-refractivity contribution is -0.0492. The standard InChI is InChI=1S/C17H18N4O3/c1-12-4-2-3-5-14(12)21-16-13(10-19-21)17(22)20(11-18-16)7-6-15-23-8-9-24-15/h2-5,10-11,15H,6-9H2,1H3. The summed E-state index contributed by atoms with van der Waals surface area (Å²) in [5.41, 5.74) is 2.46. The van der Waals surface area contributed by atoms with Crippen molar-refractivity contribution in [3.63, 3.8) is 0 Å². The van der Waals surface area contributed by atoms with Gasteiger partial charge in [0.15, 0.2) is 11.9 Å². The van der Waals surface area contributed by atoms with E-state index in [0.717, 1.165) is 11.3 Å². The van der Waals surface area contributed by atoms with E-state index in [2.05, 4.69) is 10.1 Å². The number of rotatable bonds is 4. The number of benzene rings is 1. The van der Waals surface area contributed by atoms with Crippen LogP contribution < -0.4 is 5.56 Å². The van der Waals surface area contributed by atoms with Crippen LogP contribution in [-0.2, 0) is 16.0 Å². The molecule has 2 aromatic heterocycles. The van der Waals surface area contributed by atoms with Gasteiger partial charge < -0.3 is 9.47 Å². The summed E-state index contributed by atoms with van der Waals surface area (Å²) < 4.78 is 14.1. The Balaban J connectivity index is 1.68. The Kier molecular flexibility index (Phi) is 3.87. The quantitative estimate of drug-likeness (QED) is 0.729. The third kappa shape index (κ3) is 2.61. The summed E-state index contributed by atoms with van der Waals surface area (Å²) in [4.78, 5) is 17.1. The summed E-state index contributed by atoms with van der Waals surface area (Å²) in [6, 6.07) is 7.88. The largest absolute Gasteiger partial charge is 0.350 e. The molecule has 1 saturated heterocycles. The van der Waals surface area contributed by atoms with Gasteiger partial charge in [0.25, 0.3) is 5.56 Å². The average molecular weight is 326 g/mol. The molecule has 1 aliphatic heterocycles. The highest BCUT2D eigenvalue weighted by Gasteiger charge is 2.17. The fraction of sp³-hybridized carbons (Fsp3) is 0.353. The van der Waals surface area contributed by atoms with Crippen molar-refractivity contribution in [3.05, 3.63) is 52.7 Å². The molecule has 0 unspecified atom stereocenters. The zero-order valence-corrected chi connectivity index (χ0v) is 13.4. The van der Waals surface area contributed by atoms with E-state index in [9.17, 15) is 4.79 Å². The van der Waals surface area contributed by atoms with Crippen LogP contribution in [0.3, 0.4) is 0 Å². The van der Waals surface area contributed by atoms with Crippen molar-refractivity contribution < 1.29 is 9.47 Å². The van der Waals surface area contributed by atoms with Crippen LogP contribution in [0.15, 0.2) is 41.6 Å². The van der Waals surface area contributed by atoms with E-state index in [4.69, 9.17) is 9.47 Å². The molecule has 0 aliphatic carbocycles. The number of hydrogen-bond acceptors (Lipinski definition) is 5. The third-order valence-corrected chi connectivity index (χ3v) is 4.19. The molecule has 0 bridgehead atoms. The summed E-state index contributed by atoms with van der Waals surface area (Å²) in [7, 11) is 0. The van der Waals surface area contributed by atoms with E-state index >= 15 is 0 Å². The highest BCUT2D eigenvalue weighted by Crippen LogP contribution is 2.17. The molecule has 1 aromatic carbocycles. The first kappa shape index (κ1) is 15.0. The number of para-hydroxylation sites is 1. The van der Waals surface area contributed by atoms with E-state index in [1.165, 1.54) is 0 Å². The Labute approximate surface area is 138 Å². The molecule has 0 atom stereocenters. The fourth-order valence-corrected chi connectivity index (χ4v) is 2.90. The molecule has 4 rings (SSSR count). The minimum Gasteiger partial charge on any atom is -0.350 e. The van der Waals surface area contributed by atoms with Crippen molar-refractivity contribution >= 4 is 11.0 Å². The molecule has 1 aliphatic rings. The lowest BCUT2D eigenvalue weighted by atomic mass is 10.2. The van der Waals surface area contributed by atoms with Gasteiger partial charge in [-0.3, -0.25) is 9.36 Å². The summed E-state index contributed by atoms with van der Waals surface area (Å²) in [6.07, 6.45) is 3.54. The van der Waals surface area contributed by atoms with Gasteiger partial charge in [-0.1, -0.05) is 18.2 Å². The van der Waals surface area contributed by atoms with Gasteiger partial charge in [0.1, 0.15) is 5.39 Å². The summed E-state index contributed by atoms with van der Waals surface area (Å²) in [5, 5.41) is 4.87. The van der Waals surface area contributed by atoms with E-state index in [1.54, 1.807) is 21.8 Å². The van der Waals surface area contributed by atoms with Gasteiger partial charge >= 0.3 is 0 Å². The maximum atomic E-state index is 12.7. The number of hydrogen-bond donors (Lipinski definition) is 0. The topological polar surface area (TPSA) is 71.2 Å². The van der Waals surface area contributed by atoms with Crippen LogP contribution in [0.2, 0.25) is 0 Å². The lowest BCUT2D eigenvalue weighted by Crippen LogP contribution is -2.23. The van der Waals surface area contributed by atoms with Crippen molar-refractivity contribution in [2.45, 2.75) is 26.2 Å². The molecule has 0 saturated carbocycles. The van der Waals surface area contributed by atoms with Crippen molar-refractivity contribution in [3.8, 4) is 5.69 Å². The van der Waals surface area contributed by atoms with Crippen molar-refractivity contribution in [1.82, 2.24) is 19.3 Å². The van der Waals surface area contributed by atoms with Crippen molar-refractivity contribution in [2.75, 3.05) is 13.2 Å². The highest BCUT2D eigenvalue weighted by atomic mass is 16.7. The predicted molar refractivity (Wildman–Crippen MR) is 88.2 cm³/mol. The van der Waals surface area contributed by atoms with Crippen LogP contribution >= 0.6 is 0 Å². The molecule has 7 nitrogen and oxygen atoms in total. The van der Waals surface area contributed by atoms with Crippen molar-refractivity contribution in [1.29, 1.82) is 0 Å². The molecule has 3 heterocycles. The third-order valence-electron chi connectivity index (χ3n) is 4.19. The van der Waals surface area contributed by atoms with Gasteiger partial charge in [0.2, 0.25) is 0 Å². The molecule has 0 amide bonds. The zero-order valence-electron chi connectivity index (χ0n) is 13.4. The molecule has 1 fully saturated rings. The van der Waals surface area contributed by atoms with Crippen LogP contribution in [0.5, 0.6) is 0 Å². The summed E-state index contributed by atoms with van der Waals surface area (Å²) >= 11 is 0. The highest BCUT2D eigenvalue weighted by molar-refractivity contribution is 5.75. The monoisotopic (exact) mass is 326 g/mol. The van der Waals surface area contributed by atoms with Gasteiger partial charge in [-0.2, -0.15) is 5.10 Å². The molecular weight excluding hydrogens is 308 g/mol. The van der Waals surface area contributed by atoms with E-state index in [1.807, 2.05) is 31.2 Å². The van der Waals surface area contributed by atoms with Crippen LogP contribution in [0.25, 0.3) is 16.7 Å². The van der Waals surface area contributed by atoms with Gasteiger partial charge in [-0.25, -0.2) is 9.67 Å². The molecule has 3 aromatic rings. The Bertz CT molecular complexity index is 925. The number of fused-ring (bicyclic) bond motifs is 1. The smallest absolute Gasteiger partial charge is 0.264 e. The van der Waals surface area contributed by atoms with Crippen LogP contribution in [-0.4, -0.2) is 38.8 Å². The van der Waals surface area contributed by atoms with Crippen LogP contribution in [0, 0.1) is 6.92 Å². The number of ether oxygens (including phenoxy) is 2. The minimum absolute atomic E-state index is 0.0992. The zero-order chi connectivity index (χ0) is 16.5. The molecule has 0 N–H and O–H groups in total. The lowest BCUT2D eigenvalue weighted by Gasteiger charge is -2.10. The first-order valence-corrected chi connectivity index (χ1v) is 7.96. The average Bonchev–Trinajstić information content (AvgIpc) is 3.24. The number of aryl methyl sites for hydroxylation is 2. The Morgan fingerprint density at radius 2 is 2.04 bits per heavy atom.